The lowest BCUT2D eigenvalue weighted by molar-refractivity contribution is 0.415. The smallest absolute Gasteiger partial charge is 0.118 e. The Bertz CT molecular complexity index is 1500. The number of halogens is 2. The van der Waals surface area contributed by atoms with Crippen LogP contribution in [-0.4, -0.2) is 19.2 Å². The van der Waals surface area contributed by atoms with Crippen LogP contribution in [0.4, 0.5) is 0 Å². The van der Waals surface area contributed by atoms with Gasteiger partial charge in [-0.1, -0.05) is 56.1 Å². The number of rotatable bonds is 7. The molecule has 3 nitrogen and oxygen atoms in total. The van der Waals surface area contributed by atoms with Crippen molar-refractivity contribution in [3.05, 3.63) is 123 Å². The Kier molecular flexibility index (Phi) is 7.73. The van der Waals surface area contributed by atoms with E-state index in [0.717, 1.165) is 60.5 Å². The third-order valence-electron chi connectivity index (χ3n) is 6.32. The van der Waals surface area contributed by atoms with Crippen LogP contribution >= 0.6 is 31.9 Å². The summed E-state index contributed by atoms with van der Waals surface area (Å²) in [4.78, 5) is 5.24. The predicted octanol–water partition coefficient (Wildman–Crippen LogP) is 9.22. The molecule has 5 heteroatoms. The molecule has 0 atom stereocenters. The third-order valence-corrected chi connectivity index (χ3v) is 7.38. The van der Waals surface area contributed by atoms with E-state index in [-0.39, 0.29) is 0 Å². The first-order chi connectivity index (χ1) is 18.0. The minimum atomic E-state index is 0.746. The maximum Gasteiger partial charge on any atom is 0.118 e. The van der Waals surface area contributed by atoms with Crippen molar-refractivity contribution in [1.82, 2.24) is 4.98 Å². The Morgan fingerprint density at radius 3 is 1.62 bits per heavy atom. The molecule has 0 unspecified atom stereocenters. The zero-order valence-electron chi connectivity index (χ0n) is 20.5. The van der Waals surface area contributed by atoms with Crippen molar-refractivity contribution in [1.29, 1.82) is 0 Å². The number of ether oxygens (including phenoxy) is 2. The molecule has 0 N–H and O–H groups in total. The molecular weight excluding hydrogens is 590 g/mol. The lowest BCUT2D eigenvalue weighted by Gasteiger charge is -2.18. The Hall–Kier alpha value is -3.41. The molecule has 1 aromatic heterocycles. The normalized spacial score (nSPS) is 10.8. The summed E-state index contributed by atoms with van der Waals surface area (Å²) in [5.41, 5.74) is 8.63. The highest BCUT2D eigenvalue weighted by Gasteiger charge is 2.18. The van der Waals surface area contributed by atoms with E-state index in [1.54, 1.807) is 14.2 Å². The van der Waals surface area contributed by atoms with Gasteiger partial charge in [0, 0.05) is 26.5 Å². The van der Waals surface area contributed by atoms with Crippen LogP contribution < -0.4 is 9.47 Å². The molecule has 0 saturated carbocycles. The van der Waals surface area contributed by atoms with E-state index in [2.05, 4.69) is 111 Å². The van der Waals surface area contributed by atoms with Gasteiger partial charge >= 0.3 is 0 Å². The van der Waals surface area contributed by atoms with Gasteiger partial charge in [0.05, 0.1) is 25.6 Å². The van der Waals surface area contributed by atoms with Crippen LogP contribution in [0.15, 0.2) is 112 Å². The van der Waals surface area contributed by atoms with Crippen molar-refractivity contribution >= 4 is 31.9 Å². The first-order valence-electron chi connectivity index (χ1n) is 11.9. The molecule has 0 aliphatic heterocycles. The molecule has 5 rings (SSSR count). The fourth-order valence-corrected chi connectivity index (χ4v) is 4.87. The first kappa shape index (κ1) is 25.2. The summed E-state index contributed by atoms with van der Waals surface area (Å²) in [6.07, 6.45) is 0.746. The minimum absolute atomic E-state index is 0.746. The first-order valence-corrected chi connectivity index (χ1v) is 13.5. The number of pyridine rings is 1. The second kappa shape index (κ2) is 11.3. The lowest BCUT2D eigenvalue weighted by atomic mass is 9.90. The van der Waals surface area contributed by atoms with Crippen molar-refractivity contribution < 1.29 is 9.47 Å². The quantitative estimate of drug-likeness (QED) is 0.183. The van der Waals surface area contributed by atoms with E-state index < -0.39 is 0 Å². The monoisotopic (exact) mass is 613 g/mol. The van der Waals surface area contributed by atoms with Crippen molar-refractivity contribution in [2.75, 3.05) is 14.2 Å². The summed E-state index contributed by atoms with van der Waals surface area (Å²) in [6.45, 7) is 0. The van der Waals surface area contributed by atoms with Crippen molar-refractivity contribution in [2.24, 2.45) is 0 Å². The Labute approximate surface area is 234 Å². The topological polar surface area (TPSA) is 31.4 Å². The van der Waals surface area contributed by atoms with Crippen LogP contribution in [0, 0.1) is 0 Å². The highest BCUT2D eigenvalue weighted by Crippen LogP contribution is 2.37. The average Bonchev–Trinajstić information content (AvgIpc) is 2.95. The molecule has 5 aromatic rings. The SMILES string of the molecule is COc1ccc(-c2cc(-c3ccc(Br)cc3)c(Cc3ccc(Br)cc3)c(-c3ccc(OC)cc3)n2)cc1. The maximum atomic E-state index is 5.42. The largest absolute Gasteiger partial charge is 0.497 e. The fourth-order valence-electron chi connectivity index (χ4n) is 4.34. The molecule has 0 radical (unpaired) electrons. The van der Waals surface area contributed by atoms with Crippen LogP contribution in [0.25, 0.3) is 33.6 Å². The van der Waals surface area contributed by atoms with Crippen LogP contribution in [0.1, 0.15) is 11.1 Å². The molecule has 0 aliphatic carbocycles. The molecule has 0 saturated heterocycles. The van der Waals surface area contributed by atoms with Gasteiger partial charge < -0.3 is 9.47 Å². The second-order valence-corrected chi connectivity index (χ2v) is 10.5. The standard InChI is InChI=1S/C32H25Br2NO2/c1-36-27-15-7-23(8-16-27)31-20-29(22-5-13-26(34)14-6-22)30(19-21-3-11-25(33)12-4-21)32(35-31)24-9-17-28(37-2)18-10-24/h3-18,20H,19H2,1-2H3. The Morgan fingerprint density at radius 1 is 0.595 bits per heavy atom. The van der Waals surface area contributed by atoms with E-state index in [1.165, 1.54) is 11.1 Å². The number of nitrogens with zero attached hydrogens (tertiary/aromatic N) is 1. The molecule has 0 spiro atoms. The van der Waals surface area contributed by atoms with Gasteiger partial charge in [0.15, 0.2) is 0 Å². The molecule has 0 bridgehead atoms. The van der Waals surface area contributed by atoms with Crippen LogP contribution in [0.5, 0.6) is 11.5 Å². The summed E-state index contributed by atoms with van der Waals surface area (Å²) in [5, 5.41) is 0. The van der Waals surface area contributed by atoms with Crippen molar-refractivity contribution in [3.8, 4) is 45.1 Å². The number of methoxy groups -OCH3 is 2. The molecule has 0 aliphatic rings. The summed E-state index contributed by atoms with van der Waals surface area (Å²) in [7, 11) is 3.36. The molecule has 184 valence electrons. The van der Waals surface area contributed by atoms with Gasteiger partial charge in [0.2, 0.25) is 0 Å². The van der Waals surface area contributed by atoms with E-state index in [4.69, 9.17) is 14.5 Å². The van der Waals surface area contributed by atoms with Gasteiger partial charge in [-0.15, -0.1) is 0 Å². The number of aromatic nitrogens is 1. The number of hydrogen-bond donors (Lipinski definition) is 0. The third kappa shape index (κ3) is 5.79. The highest BCUT2D eigenvalue weighted by molar-refractivity contribution is 9.10. The zero-order valence-corrected chi connectivity index (χ0v) is 23.7. The average molecular weight is 615 g/mol. The van der Waals surface area contributed by atoms with Crippen LogP contribution in [0.2, 0.25) is 0 Å². The van der Waals surface area contributed by atoms with Gasteiger partial charge in [0.25, 0.3) is 0 Å². The highest BCUT2D eigenvalue weighted by atomic mass is 79.9. The van der Waals surface area contributed by atoms with Gasteiger partial charge in [0.1, 0.15) is 11.5 Å². The number of hydrogen-bond acceptors (Lipinski definition) is 3. The summed E-state index contributed by atoms with van der Waals surface area (Å²) in [6, 6.07) is 35.3. The summed E-state index contributed by atoms with van der Waals surface area (Å²) in [5.74, 6) is 1.64. The summed E-state index contributed by atoms with van der Waals surface area (Å²) >= 11 is 7.15. The maximum absolute atomic E-state index is 5.42. The Balaban J connectivity index is 1.76. The molecule has 37 heavy (non-hydrogen) atoms. The Morgan fingerprint density at radius 2 is 1.08 bits per heavy atom. The van der Waals surface area contributed by atoms with E-state index in [0.29, 0.717) is 0 Å². The van der Waals surface area contributed by atoms with Gasteiger partial charge in [-0.05, 0) is 101 Å². The minimum Gasteiger partial charge on any atom is -0.497 e. The molecular formula is C32H25Br2NO2. The molecule has 1 heterocycles. The molecule has 0 fully saturated rings. The fraction of sp³-hybridized carbons (Fsp3) is 0.0938. The second-order valence-electron chi connectivity index (χ2n) is 8.65. The predicted molar refractivity (Wildman–Crippen MR) is 158 cm³/mol. The van der Waals surface area contributed by atoms with Gasteiger partial charge in [-0.2, -0.15) is 0 Å². The van der Waals surface area contributed by atoms with Crippen molar-refractivity contribution in [3.63, 3.8) is 0 Å². The molecule has 0 amide bonds. The number of benzene rings is 4. The van der Waals surface area contributed by atoms with E-state index in [9.17, 15) is 0 Å². The van der Waals surface area contributed by atoms with E-state index in [1.807, 2.05) is 24.3 Å². The van der Waals surface area contributed by atoms with Gasteiger partial charge in [-0.3, -0.25) is 0 Å². The van der Waals surface area contributed by atoms with E-state index >= 15 is 0 Å². The van der Waals surface area contributed by atoms with Crippen LogP contribution in [-0.2, 0) is 6.42 Å². The van der Waals surface area contributed by atoms with Crippen molar-refractivity contribution in [2.45, 2.75) is 6.42 Å². The summed E-state index contributed by atoms with van der Waals surface area (Å²) < 4.78 is 12.9. The van der Waals surface area contributed by atoms with Gasteiger partial charge in [-0.25, -0.2) is 4.98 Å². The lowest BCUT2D eigenvalue weighted by Crippen LogP contribution is -2.01. The molecule has 4 aromatic carbocycles. The van der Waals surface area contributed by atoms with Crippen LogP contribution in [0.3, 0.4) is 0 Å². The zero-order chi connectivity index (χ0) is 25.8.